The maximum atomic E-state index is 13.2. The van der Waals surface area contributed by atoms with Crippen LogP contribution >= 0.6 is 0 Å². The predicted molar refractivity (Wildman–Crippen MR) is 117 cm³/mol. The van der Waals surface area contributed by atoms with Crippen molar-refractivity contribution >= 4 is 11.6 Å². The second-order valence-corrected chi connectivity index (χ2v) is 7.81. The van der Waals surface area contributed by atoms with Gasteiger partial charge in [-0.15, -0.1) is 15.3 Å². The highest BCUT2D eigenvalue weighted by molar-refractivity contribution is 6.01. The standard InChI is InChI=1S/C23H22FN7O/c1-15-25-21(29-31(15)19-11-9-17(24)10-12-19)23(32)26-18-7-5-6-16(14-18)22-28-27-20-8-3-2-4-13-30(20)22/h5-7,9-12,14H,2-4,8,13H2,1H3,(H,26,32). The summed E-state index contributed by atoms with van der Waals surface area (Å²) in [5.74, 6) is 1.63. The number of aryl methyl sites for hydroxylation is 2. The molecule has 0 saturated heterocycles. The summed E-state index contributed by atoms with van der Waals surface area (Å²) in [5.41, 5.74) is 2.14. The van der Waals surface area contributed by atoms with Gasteiger partial charge in [-0.3, -0.25) is 4.79 Å². The number of nitrogens with one attached hydrogen (secondary N) is 1. The number of fused-ring (bicyclic) bond motifs is 1. The lowest BCUT2D eigenvalue weighted by Gasteiger charge is -2.09. The van der Waals surface area contributed by atoms with Crippen LogP contribution in [0.1, 0.15) is 41.5 Å². The molecule has 3 heterocycles. The average Bonchev–Trinajstić information content (AvgIpc) is 3.30. The summed E-state index contributed by atoms with van der Waals surface area (Å²) < 4.78 is 16.9. The smallest absolute Gasteiger partial charge is 0.295 e. The Morgan fingerprint density at radius 3 is 2.75 bits per heavy atom. The highest BCUT2D eigenvalue weighted by Crippen LogP contribution is 2.25. The second kappa shape index (κ2) is 8.33. The lowest BCUT2D eigenvalue weighted by atomic mass is 10.2. The Bertz CT molecular complexity index is 1280. The number of hydrogen-bond donors (Lipinski definition) is 1. The van der Waals surface area contributed by atoms with E-state index in [1.54, 1.807) is 19.1 Å². The number of amides is 1. The summed E-state index contributed by atoms with van der Waals surface area (Å²) in [6.45, 7) is 2.64. The molecule has 1 N–H and O–H groups in total. The van der Waals surface area contributed by atoms with Crippen molar-refractivity contribution in [2.75, 3.05) is 5.32 Å². The maximum Gasteiger partial charge on any atom is 0.295 e. The maximum absolute atomic E-state index is 13.2. The van der Waals surface area contributed by atoms with Crippen LogP contribution in [0.2, 0.25) is 0 Å². The number of anilines is 1. The molecule has 0 aliphatic carbocycles. The first-order valence-corrected chi connectivity index (χ1v) is 10.6. The fourth-order valence-electron chi connectivity index (χ4n) is 3.93. The number of hydrogen-bond acceptors (Lipinski definition) is 5. The average molecular weight is 431 g/mol. The molecule has 5 rings (SSSR count). The van der Waals surface area contributed by atoms with Crippen LogP contribution in [0.15, 0.2) is 48.5 Å². The summed E-state index contributed by atoms with van der Waals surface area (Å²) in [6.07, 6.45) is 4.36. The third-order valence-corrected chi connectivity index (χ3v) is 5.53. The van der Waals surface area contributed by atoms with Gasteiger partial charge in [0.1, 0.15) is 17.5 Å². The van der Waals surface area contributed by atoms with Crippen LogP contribution in [0.25, 0.3) is 17.1 Å². The Labute approximate surface area is 184 Å². The molecule has 0 bridgehead atoms. The topological polar surface area (TPSA) is 90.5 Å². The molecule has 2 aromatic heterocycles. The van der Waals surface area contributed by atoms with Crippen molar-refractivity contribution in [1.82, 2.24) is 29.5 Å². The lowest BCUT2D eigenvalue weighted by Crippen LogP contribution is -2.14. The zero-order valence-corrected chi connectivity index (χ0v) is 17.6. The number of halogens is 1. The summed E-state index contributed by atoms with van der Waals surface area (Å²) >= 11 is 0. The van der Waals surface area contributed by atoms with Gasteiger partial charge in [0.2, 0.25) is 5.82 Å². The second-order valence-electron chi connectivity index (χ2n) is 7.81. The minimum absolute atomic E-state index is 0.0357. The Balaban J connectivity index is 1.38. The SMILES string of the molecule is Cc1nc(C(=O)Nc2cccc(-c3nnc4n3CCCCC4)c2)nn1-c1ccc(F)cc1. The van der Waals surface area contributed by atoms with Crippen molar-refractivity contribution in [1.29, 1.82) is 0 Å². The van der Waals surface area contributed by atoms with Crippen LogP contribution in [0.4, 0.5) is 10.1 Å². The zero-order valence-electron chi connectivity index (χ0n) is 17.6. The molecule has 0 fully saturated rings. The van der Waals surface area contributed by atoms with Crippen LogP contribution < -0.4 is 5.32 Å². The molecular formula is C23H22FN7O. The summed E-state index contributed by atoms with van der Waals surface area (Å²) in [6, 6.07) is 13.4. The van der Waals surface area contributed by atoms with E-state index in [9.17, 15) is 9.18 Å². The predicted octanol–water partition coefficient (Wildman–Crippen LogP) is 3.95. The van der Waals surface area contributed by atoms with Crippen LogP contribution in [0.3, 0.4) is 0 Å². The molecule has 0 spiro atoms. The molecule has 0 saturated carbocycles. The van der Waals surface area contributed by atoms with Gasteiger partial charge in [0.15, 0.2) is 5.82 Å². The third-order valence-electron chi connectivity index (χ3n) is 5.53. The van der Waals surface area contributed by atoms with Gasteiger partial charge in [0.25, 0.3) is 5.91 Å². The van der Waals surface area contributed by atoms with Crippen molar-refractivity contribution < 1.29 is 9.18 Å². The van der Waals surface area contributed by atoms with E-state index in [2.05, 4.69) is 30.2 Å². The molecule has 0 unspecified atom stereocenters. The van der Waals surface area contributed by atoms with E-state index >= 15 is 0 Å². The van der Waals surface area contributed by atoms with Gasteiger partial charge < -0.3 is 9.88 Å². The molecule has 1 aliphatic rings. The molecular weight excluding hydrogens is 409 g/mol. The van der Waals surface area contributed by atoms with Crippen LogP contribution in [0.5, 0.6) is 0 Å². The van der Waals surface area contributed by atoms with E-state index in [1.165, 1.54) is 23.2 Å². The van der Waals surface area contributed by atoms with E-state index in [4.69, 9.17) is 0 Å². The molecule has 1 aliphatic heterocycles. The molecule has 9 heteroatoms. The summed E-state index contributed by atoms with van der Waals surface area (Å²) in [7, 11) is 0. The molecule has 162 valence electrons. The number of aromatic nitrogens is 6. The normalized spacial score (nSPS) is 13.4. The Morgan fingerprint density at radius 1 is 1.06 bits per heavy atom. The van der Waals surface area contributed by atoms with Gasteiger partial charge in [-0.2, -0.15) is 0 Å². The number of benzene rings is 2. The molecule has 32 heavy (non-hydrogen) atoms. The summed E-state index contributed by atoms with van der Waals surface area (Å²) in [4.78, 5) is 17.1. The highest BCUT2D eigenvalue weighted by atomic mass is 19.1. The largest absolute Gasteiger partial charge is 0.319 e. The van der Waals surface area contributed by atoms with Gasteiger partial charge in [0, 0.05) is 24.2 Å². The third kappa shape index (κ3) is 3.89. The minimum atomic E-state index is -0.425. The monoisotopic (exact) mass is 431 g/mol. The minimum Gasteiger partial charge on any atom is -0.319 e. The molecule has 0 radical (unpaired) electrons. The Morgan fingerprint density at radius 2 is 1.91 bits per heavy atom. The summed E-state index contributed by atoms with van der Waals surface area (Å²) in [5, 5.41) is 15.9. The van der Waals surface area contributed by atoms with E-state index in [0.29, 0.717) is 17.2 Å². The van der Waals surface area contributed by atoms with E-state index in [-0.39, 0.29) is 11.6 Å². The number of carbonyl (C=O) groups excluding carboxylic acids is 1. The first-order valence-electron chi connectivity index (χ1n) is 10.6. The van der Waals surface area contributed by atoms with E-state index in [1.807, 2.05) is 24.3 Å². The van der Waals surface area contributed by atoms with E-state index < -0.39 is 5.91 Å². The van der Waals surface area contributed by atoms with Gasteiger partial charge in [0.05, 0.1) is 5.69 Å². The van der Waals surface area contributed by atoms with Crippen LogP contribution in [-0.2, 0) is 13.0 Å². The first-order chi connectivity index (χ1) is 15.6. The fraction of sp³-hybridized carbons (Fsp3) is 0.261. The van der Waals surface area contributed by atoms with Crippen molar-refractivity contribution in [2.45, 2.75) is 39.2 Å². The van der Waals surface area contributed by atoms with Crippen LogP contribution in [-0.4, -0.2) is 35.4 Å². The Kier molecular flexibility index (Phi) is 5.22. The zero-order chi connectivity index (χ0) is 22.1. The number of nitrogens with zero attached hydrogens (tertiary/aromatic N) is 6. The van der Waals surface area contributed by atoms with Crippen molar-refractivity contribution in [2.24, 2.45) is 0 Å². The molecule has 4 aromatic rings. The molecule has 1 amide bonds. The fourth-order valence-corrected chi connectivity index (χ4v) is 3.93. The molecule has 0 atom stereocenters. The molecule has 8 nitrogen and oxygen atoms in total. The number of rotatable bonds is 4. The van der Waals surface area contributed by atoms with Crippen molar-refractivity contribution in [3.05, 3.63) is 71.8 Å². The first kappa shape index (κ1) is 20.0. The van der Waals surface area contributed by atoms with E-state index in [0.717, 1.165) is 43.0 Å². The van der Waals surface area contributed by atoms with Crippen molar-refractivity contribution in [3.8, 4) is 17.1 Å². The van der Waals surface area contributed by atoms with Crippen LogP contribution in [0, 0.1) is 12.7 Å². The highest BCUT2D eigenvalue weighted by Gasteiger charge is 2.18. The lowest BCUT2D eigenvalue weighted by molar-refractivity contribution is 0.101. The quantitative estimate of drug-likeness (QED) is 0.528. The van der Waals surface area contributed by atoms with Gasteiger partial charge in [-0.25, -0.2) is 14.1 Å². The molecule has 2 aromatic carbocycles. The number of carbonyl (C=O) groups is 1. The Hall–Kier alpha value is -3.88. The van der Waals surface area contributed by atoms with Gasteiger partial charge in [-0.1, -0.05) is 18.6 Å². The van der Waals surface area contributed by atoms with Gasteiger partial charge >= 0.3 is 0 Å². The van der Waals surface area contributed by atoms with Crippen molar-refractivity contribution in [3.63, 3.8) is 0 Å². The van der Waals surface area contributed by atoms with Gasteiger partial charge in [-0.05, 0) is 56.2 Å².